The van der Waals surface area contributed by atoms with Crippen molar-refractivity contribution in [3.63, 3.8) is 0 Å². The summed E-state index contributed by atoms with van der Waals surface area (Å²) in [7, 11) is 0. The van der Waals surface area contributed by atoms with Crippen LogP contribution in [0.3, 0.4) is 0 Å². The number of aromatic amines is 1. The molecule has 0 spiro atoms. The number of amides is 1. The summed E-state index contributed by atoms with van der Waals surface area (Å²) in [4.78, 5) is 18.4. The first kappa shape index (κ1) is 16.2. The van der Waals surface area contributed by atoms with E-state index < -0.39 is 0 Å². The average molecular weight is 302 g/mol. The van der Waals surface area contributed by atoms with Crippen molar-refractivity contribution in [3.8, 4) is 11.4 Å². The lowest BCUT2D eigenvalue weighted by Gasteiger charge is -2.21. The van der Waals surface area contributed by atoms with Crippen LogP contribution in [0.1, 0.15) is 35.9 Å². The van der Waals surface area contributed by atoms with Gasteiger partial charge >= 0.3 is 0 Å². The van der Waals surface area contributed by atoms with Crippen molar-refractivity contribution < 1.29 is 9.90 Å². The Balaban J connectivity index is 2.12. The first-order chi connectivity index (χ1) is 10.7. The van der Waals surface area contributed by atoms with Gasteiger partial charge in [-0.2, -0.15) is 5.10 Å². The highest BCUT2D eigenvalue weighted by Crippen LogP contribution is 2.16. The van der Waals surface area contributed by atoms with Crippen LogP contribution in [0.15, 0.2) is 24.3 Å². The summed E-state index contributed by atoms with van der Waals surface area (Å²) in [5, 5.41) is 16.0. The molecule has 1 aromatic heterocycles. The zero-order valence-corrected chi connectivity index (χ0v) is 13.0. The molecule has 0 bridgehead atoms. The van der Waals surface area contributed by atoms with Gasteiger partial charge in [0.2, 0.25) is 0 Å². The van der Waals surface area contributed by atoms with Gasteiger partial charge in [-0.3, -0.25) is 9.89 Å². The van der Waals surface area contributed by atoms with E-state index in [4.69, 9.17) is 5.11 Å². The average Bonchev–Trinajstić information content (AvgIpc) is 2.97. The number of carbonyl (C=O) groups excluding carboxylic acids is 1. The Hall–Kier alpha value is -2.21. The fourth-order valence-electron chi connectivity index (χ4n) is 2.20. The summed E-state index contributed by atoms with van der Waals surface area (Å²) in [5.41, 5.74) is 1.48. The first-order valence-corrected chi connectivity index (χ1v) is 7.55. The van der Waals surface area contributed by atoms with E-state index >= 15 is 0 Å². The van der Waals surface area contributed by atoms with Crippen LogP contribution in [0.25, 0.3) is 11.4 Å². The van der Waals surface area contributed by atoms with Crippen molar-refractivity contribution in [3.05, 3.63) is 35.7 Å². The van der Waals surface area contributed by atoms with Gasteiger partial charge in [-0.1, -0.05) is 25.5 Å². The highest BCUT2D eigenvalue weighted by molar-refractivity contribution is 5.94. The number of aryl methyl sites for hydroxylation is 1. The lowest BCUT2D eigenvalue weighted by atomic mass is 10.1. The molecular formula is C16H22N4O2. The number of carbonyl (C=O) groups is 1. The standard InChI is InChI=1S/C16H22N4O2/c1-3-4-9-20(10-11-21)16(22)14-7-5-13(6-8-14)15-17-12(2)18-19-15/h5-8,21H,3-4,9-11H2,1-2H3,(H,17,18,19). The van der Waals surface area contributed by atoms with Crippen LogP contribution in [0.5, 0.6) is 0 Å². The number of hydrogen-bond acceptors (Lipinski definition) is 4. The van der Waals surface area contributed by atoms with Crippen molar-refractivity contribution in [2.45, 2.75) is 26.7 Å². The fraction of sp³-hybridized carbons (Fsp3) is 0.438. The van der Waals surface area contributed by atoms with Gasteiger partial charge in [-0.05, 0) is 25.5 Å². The smallest absolute Gasteiger partial charge is 0.253 e. The molecule has 0 aliphatic heterocycles. The number of nitrogens with one attached hydrogen (secondary N) is 1. The fourth-order valence-corrected chi connectivity index (χ4v) is 2.20. The number of unbranched alkanes of at least 4 members (excludes halogenated alkanes) is 1. The Labute approximate surface area is 130 Å². The van der Waals surface area contributed by atoms with E-state index in [1.54, 1.807) is 17.0 Å². The number of aliphatic hydroxyl groups is 1. The Morgan fingerprint density at radius 1 is 1.27 bits per heavy atom. The molecule has 0 saturated carbocycles. The number of hydrogen-bond donors (Lipinski definition) is 2. The minimum Gasteiger partial charge on any atom is -0.395 e. The molecule has 1 heterocycles. The summed E-state index contributed by atoms with van der Waals surface area (Å²) < 4.78 is 0. The van der Waals surface area contributed by atoms with Crippen LogP contribution in [-0.4, -0.2) is 50.8 Å². The summed E-state index contributed by atoms with van der Waals surface area (Å²) in [6.07, 6.45) is 1.94. The Morgan fingerprint density at radius 2 is 2.00 bits per heavy atom. The second-order valence-electron chi connectivity index (χ2n) is 5.19. The highest BCUT2D eigenvalue weighted by atomic mass is 16.3. The topological polar surface area (TPSA) is 82.1 Å². The Kier molecular flexibility index (Phi) is 5.66. The van der Waals surface area contributed by atoms with Crippen molar-refractivity contribution in [2.24, 2.45) is 0 Å². The van der Waals surface area contributed by atoms with Crippen LogP contribution in [0.4, 0.5) is 0 Å². The summed E-state index contributed by atoms with van der Waals surface area (Å²) >= 11 is 0. The van der Waals surface area contributed by atoms with Crippen LogP contribution in [0, 0.1) is 6.92 Å². The van der Waals surface area contributed by atoms with E-state index in [-0.39, 0.29) is 12.5 Å². The minimum atomic E-state index is -0.0554. The summed E-state index contributed by atoms with van der Waals surface area (Å²) in [6, 6.07) is 7.24. The van der Waals surface area contributed by atoms with Crippen LogP contribution in [0.2, 0.25) is 0 Å². The number of H-pyrrole nitrogens is 1. The molecule has 0 aliphatic carbocycles. The molecule has 0 aliphatic rings. The van der Waals surface area contributed by atoms with Gasteiger partial charge in [0.05, 0.1) is 6.61 Å². The molecule has 22 heavy (non-hydrogen) atoms. The lowest BCUT2D eigenvalue weighted by molar-refractivity contribution is 0.0719. The Morgan fingerprint density at radius 3 is 2.55 bits per heavy atom. The molecule has 2 aromatic rings. The molecule has 118 valence electrons. The van der Waals surface area contributed by atoms with E-state index in [1.165, 1.54) is 0 Å². The molecule has 0 radical (unpaired) electrons. The summed E-state index contributed by atoms with van der Waals surface area (Å²) in [6.45, 7) is 4.92. The van der Waals surface area contributed by atoms with Gasteiger partial charge in [0, 0.05) is 24.2 Å². The molecule has 0 saturated heterocycles. The van der Waals surface area contributed by atoms with Crippen molar-refractivity contribution in [1.82, 2.24) is 20.1 Å². The normalized spacial score (nSPS) is 10.7. The Bertz CT molecular complexity index is 607. The van der Waals surface area contributed by atoms with Crippen molar-refractivity contribution in [1.29, 1.82) is 0 Å². The third-order valence-electron chi connectivity index (χ3n) is 3.43. The third kappa shape index (κ3) is 3.92. The number of nitrogens with zero attached hydrogens (tertiary/aromatic N) is 3. The van der Waals surface area contributed by atoms with E-state index in [0.29, 0.717) is 24.5 Å². The zero-order chi connectivity index (χ0) is 15.9. The molecule has 1 amide bonds. The van der Waals surface area contributed by atoms with E-state index in [0.717, 1.165) is 24.2 Å². The molecule has 6 nitrogen and oxygen atoms in total. The third-order valence-corrected chi connectivity index (χ3v) is 3.43. The van der Waals surface area contributed by atoms with Crippen LogP contribution < -0.4 is 0 Å². The van der Waals surface area contributed by atoms with E-state index in [2.05, 4.69) is 22.1 Å². The molecular weight excluding hydrogens is 280 g/mol. The SMILES string of the molecule is CCCCN(CCO)C(=O)c1ccc(-c2n[nH]c(C)n2)cc1. The molecule has 2 rings (SSSR count). The largest absolute Gasteiger partial charge is 0.395 e. The zero-order valence-electron chi connectivity index (χ0n) is 13.0. The first-order valence-electron chi connectivity index (χ1n) is 7.55. The molecule has 0 fully saturated rings. The maximum Gasteiger partial charge on any atom is 0.253 e. The van der Waals surface area contributed by atoms with Gasteiger partial charge < -0.3 is 10.0 Å². The predicted octanol–water partition coefficient (Wildman–Crippen LogP) is 2.01. The molecule has 1 aromatic carbocycles. The van der Waals surface area contributed by atoms with Gasteiger partial charge in [0.25, 0.3) is 5.91 Å². The second kappa shape index (κ2) is 7.70. The highest BCUT2D eigenvalue weighted by Gasteiger charge is 2.15. The van der Waals surface area contributed by atoms with Gasteiger partial charge in [0.15, 0.2) is 5.82 Å². The van der Waals surface area contributed by atoms with E-state index in [1.807, 2.05) is 19.1 Å². The monoisotopic (exact) mass is 302 g/mol. The maximum atomic E-state index is 12.5. The van der Waals surface area contributed by atoms with Gasteiger partial charge in [-0.15, -0.1) is 0 Å². The number of benzene rings is 1. The lowest BCUT2D eigenvalue weighted by Crippen LogP contribution is -2.34. The predicted molar refractivity (Wildman–Crippen MR) is 84.5 cm³/mol. The molecule has 0 unspecified atom stereocenters. The van der Waals surface area contributed by atoms with Crippen molar-refractivity contribution >= 4 is 5.91 Å². The summed E-state index contributed by atoms with van der Waals surface area (Å²) in [5.74, 6) is 1.32. The number of rotatable bonds is 7. The quantitative estimate of drug-likeness (QED) is 0.819. The second-order valence-corrected chi connectivity index (χ2v) is 5.19. The number of aliphatic hydroxyl groups excluding tert-OH is 1. The number of aromatic nitrogens is 3. The van der Waals surface area contributed by atoms with Gasteiger partial charge in [0.1, 0.15) is 5.82 Å². The van der Waals surface area contributed by atoms with E-state index in [9.17, 15) is 4.79 Å². The van der Waals surface area contributed by atoms with Crippen LogP contribution in [-0.2, 0) is 0 Å². The van der Waals surface area contributed by atoms with Crippen LogP contribution >= 0.6 is 0 Å². The maximum absolute atomic E-state index is 12.5. The molecule has 0 atom stereocenters. The van der Waals surface area contributed by atoms with Crippen molar-refractivity contribution in [2.75, 3.05) is 19.7 Å². The molecule has 2 N–H and O–H groups in total. The minimum absolute atomic E-state index is 0.0238. The van der Waals surface area contributed by atoms with Gasteiger partial charge in [-0.25, -0.2) is 4.98 Å². The molecule has 6 heteroatoms.